The third-order valence-electron chi connectivity index (χ3n) is 2.36. The lowest BCUT2D eigenvalue weighted by atomic mass is 10.2. The topological polar surface area (TPSA) is 32.3 Å². The van der Waals surface area contributed by atoms with Crippen molar-refractivity contribution in [1.29, 1.82) is 0 Å². The van der Waals surface area contributed by atoms with E-state index in [9.17, 15) is 9.18 Å². The molecule has 0 spiro atoms. The maximum Gasteiger partial charge on any atom is 0.223 e. The molecule has 17 heavy (non-hydrogen) atoms. The van der Waals surface area contributed by atoms with Crippen molar-refractivity contribution in [2.45, 2.75) is 13.0 Å². The average Bonchev–Trinajstić information content (AvgIpc) is 2.29. The quantitative estimate of drug-likeness (QED) is 0.820. The van der Waals surface area contributed by atoms with Crippen molar-refractivity contribution in [2.75, 3.05) is 20.6 Å². The number of hydrogen-bond acceptors (Lipinski definition) is 2. The Hall–Kier alpha value is -1.13. The van der Waals surface area contributed by atoms with Crippen molar-refractivity contribution in [3.05, 3.63) is 34.6 Å². The van der Waals surface area contributed by atoms with E-state index < -0.39 is 5.82 Å². The van der Waals surface area contributed by atoms with Crippen LogP contribution in [-0.2, 0) is 11.3 Å². The van der Waals surface area contributed by atoms with Crippen LogP contribution in [0.25, 0.3) is 0 Å². The maximum absolute atomic E-state index is 13.5. The summed E-state index contributed by atoms with van der Waals surface area (Å²) in [5.41, 5.74) is 0.509. The van der Waals surface area contributed by atoms with Gasteiger partial charge in [0.2, 0.25) is 5.91 Å². The van der Waals surface area contributed by atoms with Crippen molar-refractivity contribution in [2.24, 2.45) is 0 Å². The second-order valence-electron chi connectivity index (χ2n) is 3.93. The summed E-state index contributed by atoms with van der Waals surface area (Å²) >= 11 is 5.66. The molecule has 0 unspecified atom stereocenters. The first-order valence-electron chi connectivity index (χ1n) is 5.36. The van der Waals surface area contributed by atoms with Crippen molar-refractivity contribution in [3.63, 3.8) is 0 Å². The summed E-state index contributed by atoms with van der Waals surface area (Å²) in [4.78, 5) is 12.8. The van der Waals surface area contributed by atoms with E-state index in [0.29, 0.717) is 25.1 Å². The highest BCUT2D eigenvalue weighted by atomic mass is 35.5. The standard InChI is InChI=1S/C12H16ClFN2O/c1-16(2)11(17)6-7-15-8-9-4-3-5-10(13)12(9)14/h3-5,15H,6-8H2,1-2H3. The molecule has 0 aliphatic rings. The third-order valence-corrected chi connectivity index (χ3v) is 2.65. The van der Waals surface area contributed by atoms with Gasteiger partial charge in [0.1, 0.15) is 5.82 Å². The molecule has 0 aliphatic heterocycles. The van der Waals surface area contributed by atoms with E-state index in [1.54, 1.807) is 26.2 Å². The fourth-order valence-corrected chi connectivity index (χ4v) is 1.52. The number of benzene rings is 1. The summed E-state index contributed by atoms with van der Waals surface area (Å²) in [5.74, 6) is -0.357. The summed E-state index contributed by atoms with van der Waals surface area (Å²) in [6.45, 7) is 0.885. The number of nitrogens with one attached hydrogen (secondary N) is 1. The Balaban J connectivity index is 2.36. The number of hydrogen-bond donors (Lipinski definition) is 1. The summed E-state index contributed by atoms with van der Waals surface area (Å²) in [6.07, 6.45) is 0.398. The normalized spacial score (nSPS) is 10.4. The van der Waals surface area contributed by atoms with Crippen LogP contribution in [0.1, 0.15) is 12.0 Å². The lowest BCUT2D eigenvalue weighted by Crippen LogP contribution is -2.26. The van der Waals surface area contributed by atoms with Gasteiger partial charge in [0, 0.05) is 39.2 Å². The van der Waals surface area contributed by atoms with E-state index in [1.807, 2.05) is 0 Å². The van der Waals surface area contributed by atoms with Crippen LogP contribution in [0, 0.1) is 5.82 Å². The smallest absolute Gasteiger partial charge is 0.223 e. The van der Waals surface area contributed by atoms with Crippen LogP contribution in [0.5, 0.6) is 0 Å². The van der Waals surface area contributed by atoms with E-state index in [1.165, 1.54) is 11.0 Å². The number of carbonyl (C=O) groups excluding carboxylic acids is 1. The van der Waals surface area contributed by atoms with Gasteiger partial charge in [-0.05, 0) is 6.07 Å². The second-order valence-corrected chi connectivity index (χ2v) is 4.34. The maximum atomic E-state index is 13.5. The fraction of sp³-hybridized carbons (Fsp3) is 0.417. The molecule has 1 aromatic rings. The minimum Gasteiger partial charge on any atom is -0.349 e. The van der Waals surface area contributed by atoms with Crippen LogP contribution in [0.15, 0.2) is 18.2 Å². The van der Waals surface area contributed by atoms with E-state index in [2.05, 4.69) is 5.32 Å². The van der Waals surface area contributed by atoms with Crippen LogP contribution in [0.2, 0.25) is 5.02 Å². The van der Waals surface area contributed by atoms with Crippen molar-refractivity contribution in [1.82, 2.24) is 10.2 Å². The zero-order valence-electron chi connectivity index (χ0n) is 9.96. The van der Waals surface area contributed by atoms with Crippen molar-refractivity contribution in [3.8, 4) is 0 Å². The van der Waals surface area contributed by atoms with E-state index in [-0.39, 0.29) is 10.9 Å². The predicted molar refractivity (Wildman–Crippen MR) is 66.4 cm³/mol. The van der Waals surface area contributed by atoms with E-state index in [0.717, 1.165) is 0 Å². The minimum absolute atomic E-state index is 0.0454. The van der Waals surface area contributed by atoms with Gasteiger partial charge < -0.3 is 10.2 Å². The van der Waals surface area contributed by atoms with Crippen molar-refractivity contribution >= 4 is 17.5 Å². The first kappa shape index (κ1) is 13.9. The molecule has 0 saturated carbocycles. The predicted octanol–water partition coefficient (Wildman–Crippen LogP) is 2.05. The molecule has 0 fully saturated rings. The van der Waals surface area contributed by atoms with Gasteiger partial charge in [-0.25, -0.2) is 4.39 Å². The van der Waals surface area contributed by atoms with E-state index in [4.69, 9.17) is 11.6 Å². The van der Waals surface area contributed by atoms with Crippen LogP contribution in [-0.4, -0.2) is 31.4 Å². The van der Waals surface area contributed by atoms with Crippen LogP contribution in [0.3, 0.4) is 0 Å². The minimum atomic E-state index is -0.402. The average molecular weight is 259 g/mol. The molecule has 0 bridgehead atoms. The van der Waals surface area contributed by atoms with Crippen molar-refractivity contribution < 1.29 is 9.18 Å². The Morgan fingerprint density at radius 3 is 2.82 bits per heavy atom. The molecule has 0 radical (unpaired) electrons. The van der Waals surface area contributed by atoms with Crippen LogP contribution in [0.4, 0.5) is 4.39 Å². The molecule has 5 heteroatoms. The van der Waals surface area contributed by atoms with Gasteiger partial charge in [-0.2, -0.15) is 0 Å². The Morgan fingerprint density at radius 1 is 1.47 bits per heavy atom. The number of halogens is 2. The first-order valence-corrected chi connectivity index (χ1v) is 5.74. The fourth-order valence-electron chi connectivity index (χ4n) is 1.33. The number of carbonyl (C=O) groups is 1. The largest absolute Gasteiger partial charge is 0.349 e. The van der Waals surface area contributed by atoms with Gasteiger partial charge in [0.05, 0.1) is 5.02 Å². The molecule has 0 saturated heterocycles. The molecule has 94 valence electrons. The van der Waals surface area contributed by atoms with Crippen LogP contribution < -0.4 is 5.32 Å². The first-order chi connectivity index (χ1) is 8.02. The monoisotopic (exact) mass is 258 g/mol. The van der Waals surface area contributed by atoms with Gasteiger partial charge in [-0.3, -0.25) is 4.79 Å². The molecule has 0 atom stereocenters. The lowest BCUT2D eigenvalue weighted by molar-refractivity contribution is -0.128. The number of nitrogens with zero attached hydrogens (tertiary/aromatic N) is 1. The molecule has 0 aliphatic carbocycles. The van der Waals surface area contributed by atoms with Gasteiger partial charge in [-0.1, -0.05) is 23.7 Å². The van der Waals surface area contributed by atoms with E-state index >= 15 is 0 Å². The molecule has 1 aromatic carbocycles. The number of amides is 1. The highest BCUT2D eigenvalue weighted by molar-refractivity contribution is 6.30. The molecule has 0 aromatic heterocycles. The summed E-state index contributed by atoms with van der Waals surface area (Å²) < 4.78 is 13.5. The molecule has 1 amide bonds. The molecular formula is C12H16ClFN2O. The molecule has 3 nitrogen and oxygen atoms in total. The Labute approximate surface area is 106 Å². The van der Waals surface area contributed by atoms with Gasteiger partial charge >= 0.3 is 0 Å². The van der Waals surface area contributed by atoms with Gasteiger partial charge in [-0.15, -0.1) is 0 Å². The lowest BCUT2D eigenvalue weighted by Gasteiger charge is -2.10. The highest BCUT2D eigenvalue weighted by Gasteiger charge is 2.06. The zero-order valence-corrected chi connectivity index (χ0v) is 10.7. The summed E-state index contributed by atoms with van der Waals surface area (Å²) in [5, 5.41) is 3.13. The zero-order chi connectivity index (χ0) is 12.8. The SMILES string of the molecule is CN(C)C(=O)CCNCc1cccc(Cl)c1F. The molecule has 1 N–H and O–H groups in total. The second kappa shape index (κ2) is 6.57. The molecule has 1 rings (SSSR count). The Bertz CT molecular complexity index is 396. The molecular weight excluding hydrogens is 243 g/mol. The Morgan fingerprint density at radius 2 is 2.18 bits per heavy atom. The molecule has 0 heterocycles. The third kappa shape index (κ3) is 4.32. The summed E-state index contributed by atoms with van der Waals surface area (Å²) in [7, 11) is 3.41. The van der Waals surface area contributed by atoms with Gasteiger partial charge in [0.25, 0.3) is 0 Å². The highest BCUT2D eigenvalue weighted by Crippen LogP contribution is 2.17. The number of rotatable bonds is 5. The Kier molecular flexibility index (Phi) is 5.38. The van der Waals surface area contributed by atoms with Crippen LogP contribution >= 0.6 is 11.6 Å². The van der Waals surface area contributed by atoms with Gasteiger partial charge in [0.15, 0.2) is 0 Å². The summed E-state index contributed by atoms with van der Waals surface area (Å²) in [6, 6.07) is 4.88.